The minimum Gasteiger partial charge on any atom is -0.456 e. The minimum atomic E-state index is -2.49. The van der Waals surface area contributed by atoms with Crippen LogP contribution >= 0.6 is 0 Å². The lowest BCUT2D eigenvalue weighted by Crippen LogP contribution is -2.82. The van der Waals surface area contributed by atoms with E-state index in [1.54, 1.807) is 50.3 Å². The number of azide groups is 1. The molecule has 0 spiro atoms. The molecule has 65 heavy (non-hydrogen) atoms. The van der Waals surface area contributed by atoms with Gasteiger partial charge < -0.3 is 49.2 Å². The number of Topliss-reactive ketones (excluding diaryl/α,β-unsaturated/α-hetero) is 1. The van der Waals surface area contributed by atoms with Crippen LogP contribution in [0.25, 0.3) is 10.4 Å². The molecule has 3 fully saturated rings. The third kappa shape index (κ3) is 8.27. The Bertz CT molecular complexity index is 2380. The zero-order valence-electron chi connectivity index (χ0n) is 37.6. The highest BCUT2D eigenvalue weighted by Crippen LogP contribution is 2.64. The van der Waals surface area contributed by atoms with Gasteiger partial charge in [-0.15, -0.1) is 0 Å². The van der Waals surface area contributed by atoms with E-state index in [0.29, 0.717) is 11.1 Å². The molecule has 2 amide bonds. The van der Waals surface area contributed by atoms with Crippen molar-refractivity contribution in [3.05, 3.63) is 99.0 Å². The summed E-state index contributed by atoms with van der Waals surface area (Å²) in [6, 6.07) is 12.3. The van der Waals surface area contributed by atoms with Crippen molar-refractivity contribution in [2.75, 3.05) is 20.7 Å². The fourth-order valence-corrected chi connectivity index (χ4v) is 10.1. The van der Waals surface area contributed by atoms with Gasteiger partial charge in [-0.2, -0.15) is 0 Å². The van der Waals surface area contributed by atoms with E-state index in [9.17, 15) is 39.3 Å². The van der Waals surface area contributed by atoms with Crippen molar-refractivity contribution in [3.8, 4) is 0 Å². The second kappa shape index (κ2) is 18.0. The Morgan fingerprint density at radius 3 is 2.29 bits per heavy atom. The number of carbonyl (C=O) groups excluding carboxylic acids is 6. The molecule has 2 aromatic rings. The van der Waals surface area contributed by atoms with Crippen molar-refractivity contribution in [2.24, 2.45) is 21.9 Å². The average molecular weight is 902 g/mol. The highest BCUT2D eigenvalue weighted by Gasteiger charge is 2.78. The number of benzene rings is 2. The largest absolute Gasteiger partial charge is 0.456 e. The summed E-state index contributed by atoms with van der Waals surface area (Å²) < 4.78 is 30.5. The number of fused-ring (bicyclic) bond motifs is 5. The molecule has 2 saturated carbocycles. The average Bonchev–Trinajstić information content (AvgIpc) is 3.25. The normalized spacial score (nSPS) is 31.1. The predicted octanol–water partition coefficient (Wildman–Crippen LogP) is 4.47. The van der Waals surface area contributed by atoms with E-state index in [4.69, 9.17) is 29.2 Å². The third-order valence-electron chi connectivity index (χ3n) is 13.8. The molecule has 0 radical (unpaired) electrons. The first-order chi connectivity index (χ1) is 30.5. The highest BCUT2D eigenvalue weighted by atomic mass is 16.6. The van der Waals surface area contributed by atoms with Gasteiger partial charge in [-0.25, -0.2) is 14.4 Å². The number of carbonyl (C=O) groups is 6. The molecular formula is C46H55N5O14. The van der Waals surface area contributed by atoms with Crippen LogP contribution in [-0.4, -0.2) is 124 Å². The summed E-state index contributed by atoms with van der Waals surface area (Å²) in [5, 5.41) is 44.2. The van der Waals surface area contributed by atoms with Gasteiger partial charge in [0.25, 0.3) is 0 Å². The van der Waals surface area contributed by atoms with E-state index in [1.165, 1.54) is 66.1 Å². The monoisotopic (exact) mass is 901 g/mol. The first kappa shape index (κ1) is 48.3. The van der Waals surface area contributed by atoms with E-state index in [1.807, 2.05) is 0 Å². The Hall–Kier alpha value is -6.11. The highest BCUT2D eigenvalue weighted by molar-refractivity contribution is 5.95. The van der Waals surface area contributed by atoms with Crippen LogP contribution < -0.4 is 5.32 Å². The van der Waals surface area contributed by atoms with Gasteiger partial charge in [0.1, 0.15) is 36.1 Å². The molecule has 4 aliphatic rings. The van der Waals surface area contributed by atoms with Gasteiger partial charge in [0.05, 0.1) is 29.5 Å². The van der Waals surface area contributed by atoms with Crippen LogP contribution in [0.5, 0.6) is 0 Å². The van der Waals surface area contributed by atoms with Gasteiger partial charge in [0, 0.05) is 55.4 Å². The van der Waals surface area contributed by atoms with E-state index in [2.05, 4.69) is 15.3 Å². The number of aliphatic hydroxyl groups is 3. The Morgan fingerprint density at radius 1 is 1.03 bits per heavy atom. The van der Waals surface area contributed by atoms with Crippen molar-refractivity contribution in [3.63, 3.8) is 0 Å². The summed E-state index contributed by atoms with van der Waals surface area (Å²) in [4.78, 5) is 87.8. The third-order valence-corrected chi connectivity index (χ3v) is 13.8. The Kier molecular flexibility index (Phi) is 13.4. The van der Waals surface area contributed by atoms with Gasteiger partial charge in [0.2, 0.25) is 5.91 Å². The second-order valence-electron chi connectivity index (χ2n) is 18.0. The number of nitrogens with zero attached hydrogens (tertiary/aromatic N) is 4. The number of hydrogen-bond acceptors (Lipinski definition) is 15. The molecule has 1 heterocycles. The summed E-state index contributed by atoms with van der Waals surface area (Å²) in [5.74, 6) is -6.39. The summed E-state index contributed by atoms with van der Waals surface area (Å²) in [7, 11) is 2.83. The van der Waals surface area contributed by atoms with Gasteiger partial charge >= 0.3 is 24.0 Å². The molecule has 4 N–H and O–H groups in total. The van der Waals surface area contributed by atoms with Crippen molar-refractivity contribution >= 4 is 41.4 Å². The molecule has 19 heteroatoms. The molecule has 1 aliphatic heterocycles. The standard InChI is InChI=1S/C46H55N5O14/c1-10-23(2)39(56)48-33(26-15-12-11-13-16-26)35(54)41(58)62-29-21-46(60)38(64-40(57)27-17-14-18-28(19-27)49-50-47)36-44(7,37(55)34(53)32(24(29)3)43(46,5)6)30(63-42(59)51(8)9)20-31-45(36,22-61-31)65-25(4)52/h10-19,29-31,33-36,38,53-54,60H,20-22H2,1-9H3,(H,48,56)/b23-10+/t29-,30-,31+,33-,34+,35+,36-,38-,44+,45-,46+/m0/s1. The summed E-state index contributed by atoms with van der Waals surface area (Å²) >= 11 is 0. The summed E-state index contributed by atoms with van der Waals surface area (Å²) in [5.41, 5.74) is 1.43. The number of allylic oxidation sites excluding steroid dienone is 1. The van der Waals surface area contributed by atoms with Gasteiger partial charge in [-0.3, -0.25) is 14.4 Å². The maximum Gasteiger partial charge on any atom is 0.409 e. The summed E-state index contributed by atoms with van der Waals surface area (Å²) in [6.45, 7) is 9.81. The second-order valence-corrected chi connectivity index (χ2v) is 18.0. The predicted molar refractivity (Wildman–Crippen MR) is 229 cm³/mol. The topological polar surface area (TPSA) is 273 Å². The van der Waals surface area contributed by atoms with Crippen LogP contribution in [0.2, 0.25) is 0 Å². The number of esters is 3. The molecule has 348 valence electrons. The SMILES string of the molecule is C/C=C(\C)C(=O)N[C@@H](c1ccccc1)[C@@H](O)C(=O)O[C@H]1C[C@@]2(O)[C@@H](OC(=O)c3cccc(N=[N+]=[N-])c3)[C@@H]3[C@]4(OC(C)=O)CO[C@@H]4C[C@H](OC(=O)N(C)C)[C@@]3(C)C(=O)[C@H](O)C(=C1C)C2(C)C. The molecule has 0 aromatic heterocycles. The number of aliphatic hydroxyl groups excluding tert-OH is 2. The van der Waals surface area contributed by atoms with E-state index in [-0.39, 0.29) is 35.4 Å². The van der Waals surface area contributed by atoms with Crippen LogP contribution in [-0.2, 0) is 42.9 Å². The number of nitrogens with one attached hydrogen (secondary N) is 1. The number of amides is 2. The van der Waals surface area contributed by atoms with Crippen molar-refractivity contribution in [2.45, 2.75) is 115 Å². The maximum atomic E-state index is 15.5. The van der Waals surface area contributed by atoms with E-state index in [0.717, 1.165) is 11.8 Å². The lowest BCUT2D eigenvalue weighted by atomic mass is 9.44. The molecule has 2 bridgehead atoms. The number of rotatable bonds is 11. The molecule has 1 saturated heterocycles. The number of hydrogen-bond donors (Lipinski definition) is 4. The van der Waals surface area contributed by atoms with Crippen LogP contribution in [0.3, 0.4) is 0 Å². The maximum absolute atomic E-state index is 15.5. The van der Waals surface area contributed by atoms with Crippen LogP contribution in [0.1, 0.15) is 83.3 Å². The van der Waals surface area contributed by atoms with E-state index < -0.39 is 113 Å². The lowest BCUT2D eigenvalue weighted by molar-refractivity contribution is -0.345. The first-order valence-corrected chi connectivity index (χ1v) is 21.1. The summed E-state index contributed by atoms with van der Waals surface area (Å²) in [6.07, 6.45) is -10.4. The van der Waals surface area contributed by atoms with Crippen LogP contribution in [0.4, 0.5) is 10.5 Å². The van der Waals surface area contributed by atoms with Gasteiger partial charge in [-0.05, 0) is 62.1 Å². The molecule has 6 rings (SSSR count). The number of ketones is 1. The fourth-order valence-electron chi connectivity index (χ4n) is 10.1. The van der Waals surface area contributed by atoms with Crippen molar-refractivity contribution < 1.29 is 67.8 Å². The van der Waals surface area contributed by atoms with Crippen LogP contribution in [0, 0.1) is 16.7 Å². The molecule has 0 unspecified atom stereocenters. The molecular weight excluding hydrogens is 847 g/mol. The minimum absolute atomic E-state index is 0.0360. The molecule has 11 atom stereocenters. The quantitative estimate of drug-likeness (QED) is 0.0461. The van der Waals surface area contributed by atoms with Crippen LogP contribution in [0.15, 0.2) is 82.5 Å². The first-order valence-electron chi connectivity index (χ1n) is 21.1. The molecule has 19 nitrogen and oxygen atoms in total. The van der Waals surface area contributed by atoms with Gasteiger partial charge in [0.15, 0.2) is 17.5 Å². The lowest BCUT2D eigenvalue weighted by Gasteiger charge is -2.67. The molecule has 3 aliphatic carbocycles. The Balaban J connectivity index is 1.56. The number of ether oxygens (including phenoxy) is 5. The van der Waals surface area contributed by atoms with E-state index >= 15 is 4.79 Å². The van der Waals surface area contributed by atoms with Crippen molar-refractivity contribution in [1.29, 1.82) is 0 Å². The Morgan fingerprint density at radius 2 is 1.71 bits per heavy atom. The molecule has 2 aromatic carbocycles. The Labute approximate surface area is 375 Å². The zero-order chi connectivity index (χ0) is 48.0. The van der Waals surface area contributed by atoms with Gasteiger partial charge in [-0.1, -0.05) is 67.5 Å². The fraction of sp³-hybridized carbons (Fsp3) is 0.522. The zero-order valence-corrected chi connectivity index (χ0v) is 37.6. The smallest absolute Gasteiger partial charge is 0.409 e. The van der Waals surface area contributed by atoms with Crippen molar-refractivity contribution in [1.82, 2.24) is 10.2 Å².